The third-order valence-electron chi connectivity index (χ3n) is 2.32. The number of rotatable bonds is 6. The molecule has 1 aromatic rings. The number of aliphatic hydroxyl groups excluding tert-OH is 1. The molecule has 0 bridgehead atoms. The molecule has 18 heavy (non-hydrogen) atoms. The Morgan fingerprint density at radius 2 is 1.89 bits per heavy atom. The highest BCUT2D eigenvalue weighted by Crippen LogP contribution is 1.97. The highest BCUT2D eigenvalue weighted by atomic mass is 16.4. The minimum atomic E-state index is -1.17. The molecule has 0 aromatic heterocycles. The van der Waals surface area contributed by atoms with Crippen molar-refractivity contribution in [3.63, 3.8) is 0 Å². The van der Waals surface area contributed by atoms with Crippen LogP contribution in [0, 0.1) is 0 Å². The highest BCUT2D eigenvalue weighted by Gasteiger charge is 2.18. The average Bonchev–Trinajstić information content (AvgIpc) is 2.37. The number of benzene rings is 1. The number of amides is 2. The Morgan fingerprint density at radius 1 is 1.22 bits per heavy atom. The number of hydrogen-bond donors (Lipinski definition) is 4. The van der Waals surface area contributed by atoms with Gasteiger partial charge >= 0.3 is 12.0 Å². The van der Waals surface area contributed by atoms with Crippen LogP contribution in [0.1, 0.15) is 12.0 Å². The number of aliphatic carboxylic acids is 1. The molecule has 0 unspecified atom stereocenters. The van der Waals surface area contributed by atoms with Gasteiger partial charge in [0.05, 0.1) is 0 Å². The molecule has 0 aliphatic heterocycles. The van der Waals surface area contributed by atoms with E-state index in [1.165, 1.54) is 0 Å². The molecule has 0 fully saturated rings. The smallest absolute Gasteiger partial charge is 0.326 e. The van der Waals surface area contributed by atoms with E-state index < -0.39 is 18.0 Å². The van der Waals surface area contributed by atoms with E-state index in [-0.39, 0.29) is 13.0 Å². The quantitative estimate of drug-likeness (QED) is 0.586. The molecule has 0 aliphatic rings. The van der Waals surface area contributed by atoms with E-state index in [1.807, 2.05) is 30.3 Å². The monoisotopic (exact) mass is 252 g/mol. The molecule has 6 heteroatoms. The Hall–Kier alpha value is -2.08. The first-order valence-electron chi connectivity index (χ1n) is 5.55. The zero-order chi connectivity index (χ0) is 13.4. The summed E-state index contributed by atoms with van der Waals surface area (Å²) >= 11 is 0. The molecule has 0 radical (unpaired) electrons. The van der Waals surface area contributed by atoms with Crippen molar-refractivity contribution in [2.75, 3.05) is 6.61 Å². The first-order valence-corrected chi connectivity index (χ1v) is 5.55. The van der Waals surface area contributed by atoms with Gasteiger partial charge in [-0.3, -0.25) is 0 Å². The van der Waals surface area contributed by atoms with Crippen LogP contribution in [0.4, 0.5) is 4.79 Å². The van der Waals surface area contributed by atoms with Crippen LogP contribution in [0.5, 0.6) is 0 Å². The Labute approximate surface area is 105 Å². The van der Waals surface area contributed by atoms with Crippen molar-refractivity contribution in [3.8, 4) is 0 Å². The molecule has 0 aliphatic carbocycles. The first kappa shape index (κ1) is 14.0. The van der Waals surface area contributed by atoms with Crippen LogP contribution in [0.2, 0.25) is 0 Å². The van der Waals surface area contributed by atoms with Gasteiger partial charge < -0.3 is 20.8 Å². The fraction of sp³-hybridized carbons (Fsp3) is 0.333. The lowest BCUT2D eigenvalue weighted by atomic mass is 10.2. The minimum absolute atomic E-state index is 0.0198. The van der Waals surface area contributed by atoms with E-state index in [4.69, 9.17) is 10.2 Å². The SMILES string of the molecule is O=C(NCc1ccccc1)N[C@H](CCO)C(=O)O. The van der Waals surface area contributed by atoms with Gasteiger partial charge in [-0.15, -0.1) is 0 Å². The molecule has 4 N–H and O–H groups in total. The second-order valence-corrected chi connectivity index (χ2v) is 3.72. The standard InChI is InChI=1S/C12H16N2O4/c15-7-6-10(11(16)17)14-12(18)13-8-9-4-2-1-3-5-9/h1-5,10,15H,6-8H2,(H,16,17)(H2,13,14,18)/t10-/m1/s1. The number of urea groups is 1. The normalized spacial score (nSPS) is 11.6. The number of nitrogens with one attached hydrogen (secondary N) is 2. The summed E-state index contributed by atoms with van der Waals surface area (Å²) < 4.78 is 0. The summed E-state index contributed by atoms with van der Waals surface area (Å²) in [5.74, 6) is -1.17. The summed E-state index contributed by atoms with van der Waals surface area (Å²) in [5.41, 5.74) is 0.918. The maximum absolute atomic E-state index is 11.4. The lowest BCUT2D eigenvalue weighted by Crippen LogP contribution is -2.46. The predicted octanol–water partition coefficient (Wildman–Crippen LogP) is 0.321. The molecule has 0 heterocycles. The maximum Gasteiger partial charge on any atom is 0.326 e. The van der Waals surface area contributed by atoms with Gasteiger partial charge in [-0.2, -0.15) is 0 Å². The molecule has 0 saturated carbocycles. The topological polar surface area (TPSA) is 98.7 Å². The van der Waals surface area contributed by atoms with Gasteiger partial charge in [-0.1, -0.05) is 30.3 Å². The zero-order valence-electron chi connectivity index (χ0n) is 9.80. The van der Waals surface area contributed by atoms with Gasteiger partial charge in [0, 0.05) is 19.6 Å². The summed E-state index contributed by atoms with van der Waals surface area (Å²) in [6.45, 7) is 0.0219. The minimum Gasteiger partial charge on any atom is -0.480 e. The highest BCUT2D eigenvalue weighted by molar-refractivity contribution is 5.82. The van der Waals surface area contributed by atoms with Gasteiger partial charge in [0.15, 0.2) is 0 Å². The third-order valence-corrected chi connectivity index (χ3v) is 2.32. The Kier molecular flexibility index (Phi) is 5.66. The fourth-order valence-electron chi connectivity index (χ4n) is 1.37. The van der Waals surface area contributed by atoms with Crippen LogP contribution in [0.25, 0.3) is 0 Å². The molecule has 0 saturated heterocycles. The summed E-state index contributed by atoms with van der Waals surface area (Å²) in [6, 6.07) is 7.61. The number of carbonyl (C=O) groups is 2. The van der Waals surface area contributed by atoms with E-state index in [0.29, 0.717) is 6.54 Å². The van der Waals surface area contributed by atoms with Gasteiger partial charge in [-0.05, 0) is 5.56 Å². The fourth-order valence-corrected chi connectivity index (χ4v) is 1.37. The molecule has 1 rings (SSSR count). The summed E-state index contributed by atoms with van der Waals surface area (Å²) in [4.78, 5) is 22.2. The lowest BCUT2D eigenvalue weighted by Gasteiger charge is -2.13. The van der Waals surface area contributed by atoms with E-state index in [0.717, 1.165) is 5.56 Å². The van der Waals surface area contributed by atoms with Crippen molar-refractivity contribution in [1.82, 2.24) is 10.6 Å². The summed E-state index contributed by atoms with van der Waals surface area (Å²) in [7, 11) is 0. The number of carboxylic acid groups (broad SMARTS) is 1. The van der Waals surface area contributed by atoms with Crippen LogP contribution in [-0.2, 0) is 11.3 Å². The van der Waals surface area contributed by atoms with Crippen LogP contribution >= 0.6 is 0 Å². The summed E-state index contributed by atoms with van der Waals surface area (Å²) in [6.07, 6.45) is -0.0198. The van der Waals surface area contributed by atoms with E-state index in [1.54, 1.807) is 0 Å². The van der Waals surface area contributed by atoms with E-state index in [2.05, 4.69) is 10.6 Å². The van der Waals surface area contributed by atoms with Gasteiger partial charge in [0.25, 0.3) is 0 Å². The molecule has 6 nitrogen and oxygen atoms in total. The van der Waals surface area contributed by atoms with Crippen molar-refractivity contribution in [3.05, 3.63) is 35.9 Å². The summed E-state index contributed by atoms with van der Waals surface area (Å²) in [5, 5.41) is 22.3. The largest absolute Gasteiger partial charge is 0.480 e. The van der Waals surface area contributed by atoms with E-state index >= 15 is 0 Å². The van der Waals surface area contributed by atoms with Gasteiger partial charge in [-0.25, -0.2) is 9.59 Å². The Morgan fingerprint density at radius 3 is 2.44 bits per heavy atom. The van der Waals surface area contributed by atoms with Crippen LogP contribution in [0.15, 0.2) is 30.3 Å². The number of aliphatic hydroxyl groups is 1. The van der Waals surface area contributed by atoms with Crippen molar-refractivity contribution >= 4 is 12.0 Å². The first-order chi connectivity index (χ1) is 8.63. The lowest BCUT2D eigenvalue weighted by molar-refractivity contribution is -0.139. The Bertz CT molecular complexity index is 394. The predicted molar refractivity (Wildman–Crippen MR) is 64.9 cm³/mol. The van der Waals surface area contributed by atoms with E-state index in [9.17, 15) is 9.59 Å². The van der Waals surface area contributed by atoms with Crippen molar-refractivity contribution in [2.45, 2.75) is 19.0 Å². The van der Waals surface area contributed by atoms with Crippen LogP contribution < -0.4 is 10.6 Å². The van der Waals surface area contributed by atoms with Crippen molar-refractivity contribution < 1.29 is 19.8 Å². The van der Waals surface area contributed by atoms with Crippen molar-refractivity contribution in [2.24, 2.45) is 0 Å². The number of carbonyl (C=O) groups excluding carboxylic acids is 1. The number of carboxylic acids is 1. The molecule has 1 atom stereocenters. The molecule has 2 amide bonds. The number of hydrogen-bond acceptors (Lipinski definition) is 3. The van der Waals surface area contributed by atoms with Crippen LogP contribution in [-0.4, -0.2) is 34.9 Å². The molecule has 0 spiro atoms. The zero-order valence-corrected chi connectivity index (χ0v) is 9.80. The molecule has 98 valence electrons. The van der Waals surface area contributed by atoms with Gasteiger partial charge in [0.1, 0.15) is 6.04 Å². The second-order valence-electron chi connectivity index (χ2n) is 3.72. The third kappa shape index (κ3) is 4.84. The molecular weight excluding hydrogens is 236 g/mol. The molecular formula is C12H16N2O4. The van der Waals surface area contributed by atoms with Crippen molar-refractivity contribution in [1.29, 1.82) is 0 Å². The molecule has 1 aromatic carbocycles. The second kappa shape index (κ2) is 7.29. The Balaban J connectivity index is 2.39. The van der Waals surface area contributed by atoms with Gasteiger partial charge in [0.2, 0.25) is 0 Å². The maximum atomic E-state index is 11.4. The average molecular weight is 252 g/mol. The van der Waals surface area contributed by atoms with Crippen LogP contribution in [0.3, 0.4) is 0 Å².